The molecule has 188 valence electrons. The second kappa shape index (κ2) is 10.7. The molecule has 1 atom stereocenters. The van der Waals surface area contributed by atoms with Gasteiger partial charge in [0.05, 0.1) is 16.6 Å². The molecule has 0 unspecified atom stereocenters. The zero-order valence-electron chi connectivity index (χ0n) is 19.0. The van der Waals surface area contributed by atoms with Crippen molar-refractivity contribution in [1.82, 2.24) is 20.2 Å². The molecule has 4 rings (SSSR count). The average Bonchev–Trinajstić information content (AvgIpc) is 3.35. The van der Waals surface area contributed by atoms with E-state index in [1.807, 2.05) is 0 Å². The van der Waals surface area contributed by atoms with Crippen LogP contribution < -0.4 is 4.31 Å². The first-order valence-electron chi connectivity index (χ1n) is 10.9. The number of rotatable bonds is 9. The molecule has 0 radical (unpaired) electrons. The Labute approximate surface area is 211 Å². The minimum Gasteiger partial charge on any atom is -0.256 e. The van der Waals surface area contributed by atoms with Crippen LogP contribution in [0.25, 0.3) is 0 Å². The average molecular weight is 536 g/mol. The molecular formula is C24H21ClF3N5O2S. The SMILES string of the molecule is C[C@H](c1ccc(F)cc1CCCn1cnnn1)N(c1cc(F)ccc1F)S(=O)(=O)c1ccc(Cl)cc1. The van der Waals surface area contributed by atoms with Gasteiger partial charge in [-0.25, -0.2) is 26.3 Å². The number of hydrogen-bond acceptors (Lipinski definition) is 5. The molecule has 12 heteroatoms. The van der Waals surface area contributed by atoms with E-state index >= 15 is 0 Å². The molecule has 0 bridgehead atoms. The minimum absolute atomic E-state index is 0.162. The van der Waals surface area contributed by atoms with E-state index in [0.29, 0.717) is 35.5 Å². The Morgan fingerprint density at radius 1 is 1.00 bits per heavy atom. The molecule has 4 aromatic rings. The van der Waals surface area contributed by atoms with Crippen molar-refractivity contribution in [2.45, 2.75) is 37.2 Å². The number of anilines is 1. The predicted octanol–water partition coefficient (Wildman–Crippen LogP) is 5.33. The lowest BCUT2D eigenvalue weighted by molar-refractivity contribution is 0.552. The van der Waals surface area contributed by atoms with Crippen molar-refractivity contribution < 1.29 is 21.6 Å². The van der Waals surface area contributed by atoms with Gasteiger partial charge in [-0.3, -0.25) is 4.31 Å². The third kappa shape index (κ3) is 5.52. The molecule has 0 aliphatic heterocycles. The number of aryl methyl sites for hydroxylation is 2. The number of sulfonamides is 1. The highest BCUT2D eigenvalue weighted by atomic mass is 35.5. The van der Waals surface area contributed by atoms with Crippen LogP contribution in [0, 0.1) is 17.5 Å². The summed E-state index contributed by atoms with van der Waals surface area (Å²) in [7, 11) is -4.40. The zero-order valence-corrected chi connectivity index (χ0v) is 20.6. The van der Waals surface area contributed by atoms with Gasteiger partial charge in [0.2, 0.25) is 0 Å². The van der Waals surface area contributed by atoms with Crippen molar-refractivity contribution in [3.05, 3.63) is 101 Å². The van der Waals surface area contributed by atoms with Gasteiger partial charge in [0.15, 0.2) is 0 Å². The highest BCUT2D eigenvalue weighted by molar-refractivity contribution is 7.92. The van der Waals surface area contributed by atoms with Crippen LogP contribution >= 0.6 is 11.6 Å². The highest BCUT2D eigenvalue weighted by Gasteiger charge is 2.33. The summed E-state index contributed by atoms with van der Waals surface area (Å²) in [6, 6.07) is 10.9. The van der Waals surface area contributed by atoms with Crippen molar-refractivity contribution in [1.29, 1.82) is 0 Å². The molecule has 0 saturated carbocycles. The van der Waals surface area contributed by atoms with E-state index in [9.17, 15) is 21.6 Å². The van der Waals surface area contributed by atoms with E-state index in [-0.39, 0.29) is 4.90 Å². The predicted molar refractivity (Wildman–Crippen MR) is 128 cm³/mol. The van der Waals surface area contributed by atoms with Gasteiger partial charge >= 0.3 is 0 Å². The van der Waals surface area contributed by atoms with Crippen LogP contribution in [0.1, 0.15) is 30.5 Å². The summed E-state index contributed by atoms with van der Waals surface area (Å²) in [4.78, 5) is -0.162. The monoisotopic (exact) mass is 535 g/mol. The molecule has 0 amide bonds. The van der Waals surface area contributed by atoms with E-state index in [4.69, 9.17) is 11.6 Å². The van der Waals surface area contributed by atoms with Gasteiger partial charge in [-0.15, -0.1) is 5.10 Å². The van der Waals surface area contributed by atoms with Gasteiger partial charge in [0.25, 0.3) is 10.0 Å². The molecule has 1 aromatic heterocycles. The fraction of sp³-hybridized carbons (Fsp3) is 0.208. The molecule has 0 fully saturated rings. The highest BCUT2D eigenvalue weighted by Crippen LogP contribution is 2.37. The number of nitrogens with zero attached hydrogens (tertiary/aromatic N) is 5. The Hall–Kier alpha value is -3.44. The quantitative estimate of drug-likeness (QED) is 0.289. The number of aromatic nitrogens is 4. The summed E-state index contributed by atoms with van der Waals surface area (Å²) in [6.07, 6.45) is 2.33. The van der Waals surface area contributed by atoms with Gasteiger partial charge in [-0.2, -0.15) is 0 Å². The number of benzene rings is 3. The summed E-state index contributed by atoms with van der Waals surface area (Å²) >= 11 is 5.92. The topological polar surface area (TPSA) is 81.0 Å². The molecule has 0 aliphatic carbocycles. The first-order chi connectivity index (χ1) is 17.2. The van der Waals surface area contributed by atoms with Crippen LogP contribution in [0.5, 0.6) is 0 Å². The van der Waals surface area contributed by atoms with Crippen molar-refractivity contribution in [3.8, 4) is 0 Å². The van der Waals surface area contributed by atoms with Gasteiger partial charge in [0, 0.05) is 17.6 Å². The number of halogens is 4. The summed E-state index contributed by atoms with van der Waals surface area (Å²) in [5, 5.41) is 11.2. The maximum absolute atomic E-state index is 15.0. The van der Waals surface area contributed by atoms with Crippen LogP contribution in [0.2, 0.25) is 5.02 Å². The van der Waals surface area contributed by atoms with Gasteiger partial charge < -0.3 is 0 Å². The first kappa shape index (κ1) is 25.6. The van der Waals surface area contributed by atoms with Gasteiger partial charge in [-0.05, 0) is 89.8 Å². The third-order valence-electron chi connectivity index (χ3n) is 5.65. The molecule has 1 heterocycles. The van der Waals surface area contributed by atoms with Crippen molar-refractivity contribution in [3.63, 3.8) is 0 Å². The smallest absolute Gasteiger partial charge is 0.256 e. The van der Waals surface area contributed by atoms with E-state index in [0.717, 1.165) is 22.5 Å². The van der Waals surface area contributed by atoms with E-state index < -0.39 is 39.2 Å². The molecule has 0 spiro atoms. The fourth-order valence-corrected chi connectivity index (χ4v) is 5.72. The summed E-state index contributed by atoms with van der Waals surface area (Å²) in [5.41, 5.74) is 0.486. The third-order valence-corrected chi connectivity index (χ3v) is 7.80. The normalized spacial score (nSPS) is 12.5. The Morgan fingerprint density at radius 2 is 1.69 bits per heavy atom. The molecule has 0 aliphatic rings. The second-order valence-electron chi connectivity index (χ2n) is 8.05. The summed E-state index contributed by atoms with van der Waals surface area (Å²) in [6.45, 7) is 1.98. The van der Waals surface area contributed by atoms with Crippen LogP contribution in [0.4, 0.5) is 18.9 Å². The largest absolute Gasteiger partial charge is 0.264 e. The van der Waals surface area contributed by atoms with E-state index in [1.165, 1.54) is 60.4 Å². The number of tetrazole rings is 1. The van der Waals surface area contributed by atoms with Crippen molar-refractivity contribution in [2.24, 2.45) is 0 Å². The fourth-order valence-electron chi connectivity index (χ4n) is 3.96. The Balaban J connectivity index is 1.78. The van der Waals surface area contributed by atoms with Crippen LogP contribution in [0.15, 0.2) is 71.9 Å². The van der Waals surface area contributed by atoms with Crippen molar-refractivity contribution >= 4 is 27.3 Å². The van der Waals surface area contributed by atoms with Crippen LogP contribution in [0.3, 0.4) is 0 Å². The Kier molecular flexibility index (Phi) is 7.60. The number of hydrogen-bond donors (Lipinski definition) is 0. The van der Waals surface area contributed by atoms with Gasteiger partial charge in [0.1, 0.15) is 23.8 Å². The minimum atomic E-state index is -4.40. The van der Waals surface area contributed by atoms with Crippen LogP contribution in [-0.2, 0) is 23.0 Å². The molecule has 3 aromatic carbocycles. The summed E-state index contributed by atoms with van der Waals surface area (Å²) < 4.78 is 73.2. The molecule has 36 heavy (non-hydrogen) atoms. The first-order valence-corrected chi connectivity index (χ1v) is 12.7. The Bertz CT molecular complexity index is 1450. The summed E-state index contributed by atoms with van der Waals surface area (Å²) in [5.74, 6) is -2.24. The zero-order chi connectivity index (χ0) is 25.9. The Morgan fingerprint density at radius 3 is 2.39 bits per heavy atom. The maximum Gasteiger partial charge on any atom is 0.264 e. The van der Waals surface area contributed by atoms with E-state index in [1.54, 1.807) is 0 Å². The maximum atomic E-state index is 15.0. The molecule has 7 nitrogen and oxygen atoms in total. The lowest BCUT2D eigenvalue weighted by Gasteiger charge is -2.32. The van der Waals surface area contributed by atoms with Gasteiger partial charge in [-0.1, -0.05) is 17.7 Å². The van der Waals surface area contributed by atoms with Crippen molar-refractivity contribution in [2.75, 3.05) is 4.31 Å². The molecular weight excluding hydrogens is 515 g/mol. The van der Waals surface area contributed by atoms with E-state index in [2.05, 4.69) is 15.5 Å². The molecule has 0 N–H and O–H groups in total. The van der Waals surface area contributed by atoms with Crippen LogP contribution in [-0.4, -0.2) is 28.6 Å². The second-order valence-corrected chi connectivity index (χ2v) is 10.3. The lowest BCUT2D eigenvalue weighted by Crippen LogP contribution is -2.35. The standard InChI is InChI=1S/C24H21ClF3N5O2S/c1-16(22-10-6-19(26)13-17(22)3-2-12-32-15-29-30-31-32)33(24-14-20(27)7-11-23(24)28)36(34,35)21-8-4-18(25)5-9-21/h4-11,13-16H,2-3,12H2,1H3/t16-/m1/s1. The lowest BCUT2D eigenvalue weighted by atomic mass is 9.97. The molecule has 0 saturated heterocycles.